The van der Waals surface area contributed by atoms with Crippen LogP contribution in [0.3, 0.4) is 0 Å². The number of hydrogen-bond acceptors (Lipinski definition) is 3. The van der Waals surface area contributed by atoms with E-state index >= 15 is 0 Å². The molecule has 1 heterocycles. The molecule has 0 unspecified atom stereocenters. The molecule has 0 atom stereocenters. The van der Waals surface area contributed by atoms with Crippen LogP contribution in [0.1, 0.15) is 5.56 Å². The van der Waals surface area contributed by atoms with Gasteiger partial charge in [0.15, 0.2) is 0 Å². The number of hydrazine groups is 1. The first-order valence-electron chi connectivity index (χ1n) is 5.00. The summed E-state index contributed by atoms with van der Waals surface area (Å²) < 4.78 is 5.28. The third-order valence-corrected chi connectivity index (χ3v) is 2.32. The number of aryl methyl sites for hydroxylation is 1. The number of anilines is 1. The molecule has 0 aliphatic carbocycles. The third-order valence-electron chi connectivity index (χ3n) is 2.32. The van der Waals surface area contributed by atoms with Gasteiger partial charge >= 0.3 is 0 Å². The Kier molecular flexibility index (Phi) is 3.01. The average Bonchev–Trinajstić information content (AvgIpc) is 2.19. The minimum absolute atomic E-state index is 0.818. The van der Waals surface area contributed by atoms with E-state index in [0.29, 0.717) is 0 Å². The smallest absolute Gasteiger partial charge is 0.0612 e. The molecule has 0 bridgehead atoms. The molecule has 2 rings (SSSR count). The number of benzene rings is 1. The summed E-state index contributed by atoms with van der Waals surface area (Å²) in [6, 6.07) is 8.40. The minimum Gasteiger partial charge on any atom is -0.379 e. The fourth-order valence-electron chi connectivity index (χ4n) is 1.57. The van der Waals surface area contributed by atoms with Gasteiger partial charge in [-0.05, 0) is 24.6 Å². The zero-order chi connectivity index (χ0) is 9.80. The second-order valence-corrected chi connectivity index (χ2v) is 3.58. The van der Waals surface area contributed by atoms with Crippen molar-refractivity contribution < 1.29 is 4.74 Å². The Bertz CT molecular complexity index is 295. The Labute approximate surface area is 84.6 Å². The minimum atomic E-state index is 0.818. The van der Waals surface area contributed by atoms with Gasteiger partial charge in [0.2, 0.25) is 0 Å². The molecule has 76 valence electrons. The average molecular weight is 192 g/mol. The second kappa shape index (κ2) is 4.44. The standard InChI is InChI=1S/C11H16N2O/c1-10-3-2-4-11(9-10)12-13-5-7-14-8-6-13/h2-4,9,12H,5-8H2,1H3. The molecule has 1 aliphatic rings. The summed E-state index contributed by atoms with van der Waals surface area (Å²) in [6.07, 6.45) is 0. The molecule has 0 aromatic heterocycles. The van der Waals surface area contributed by atoms with Crippen molar-refractivity contribution in [2.45, 2.75) is 6.92 Å². The molecule has 3 heteroatoms. The van der Waals surface area contributed by atoms with Crippen molar-refractivity contribution in [3.63, 3.8) is 0 Å². The Hall–Kier alpha value is -1.06. The molecule has 1 aromatic rings. The summed E-state index contributed by atoms with van der Waals surface area (Å²) in [7, 11) is 0. The SMILES string of the molecule is Cc1cccc(NN2CCOCC2)c1. The lowest BCUT2D eigenvalue weighted by Gasteiger charge is -2.28. The normalized spacial score (nSPS) is 18.1. The monoisotopic (exact) mass is 192 g/mol. The Morgan fingerprint density at radius 1 is 1.29 bits per heavy atom. The van der Waals surface area contributed by atoms with E-state index in [0.717, 1.165) is 32.0 Å². The van der Waals surface area contributed by atoms with Crippen molar-refractivity contribution in [1.29, 1.82) is 0 Å². The largest absolute Gasteiger partial charge is 0.379 e. The molecule has 1 aromatic carbocycles. The highest BCUT2D eigenvalue weighted by atomic mass is 16.5. The van der Waals surface area contributed by atoms with Crippen LogP contribution < -0.4 is 5.43 Å². The van der Waals surface area contributed by atoms with E-state index in [2.05, 4.69) is 41.6 Å². The van der Waals surface area contributed by atoms with E-state index in [-0.39, 0.29) is 0 Å². The van der Waals surface area contributed by atoms with Gasteiger partial charge in [-0.2, -0.15) is 0 Å². The predicted octanol–water partition coefficient (Wildman–Crippen LogP) is 1.65. The summed E-state index contributed by atoms with van der Waals surface area (Å²) in [5.74, 6) is 0. The summed E-state index contributed by atoms with van der Waals surface area (Å²) in [6.45, 7) is 5.64. The lowest BCUT2D eigenvalue weighted by molar-refractivity contribution is 0.0497. The number of ether oxygens (including phenoxy) is 1. The summed E-state index contributed by atoms with van der Waals surface area (Å²) in [4.78, 5) is 0. The molecule has 0 amide bonds. The van der Waals surface area contributed by atoms with Gasteiger partial charge in [-0.1, -0.05) is 12.1 Å². The van der Waals surface area contributed by atoms with Crippen molar-refractivity contribution in [3.8, 4) is 0 Å². The van der Waals surface area contributed by atoms with E-state index < -0.39 is 0 Å². The van der Waals surface area contributed by atoms with Crippen LogP contribution in [-0.2, 0) is 4.74 Å². The highest BCUT2D eigenvalue weighted by molar-refractivity contribution is 5.44. The van der Waals surface area contributed by atoms with Crippen LogP contribution in [0.25, 0.3) is 0 Å². The van der Waals surface area contributed by atoms with Crippen LogP contribution in [0.5, 0.6) is 0 Å². The number of rotatable bonds is 2. The summed E-state index contributed by atoms with van der Waals surface area (Å²) >= 11 is 0. The van der Waals surface area contributed by atoms with E-state index in [1.165, 1.54) is 5.56 Å². The van der Waals surface area contributed by atoms with E-state index in [4.69, 9.17) is 4.74 Å². The first-order chi connectivity index (χ1) is 6.84. The molecule has 1 saturated heterocycles. The molecule has 0 radical (unpaired) electrons. The first kappa shape index (κ1) is 9.49. The number of hydrogen-bond donors (Lipinski definition) is 1. The second-order valence-electron chi connectivity index (χ2n) is 3.58. The van der Waals surface area contributed by atoms with Gasteiger partial charge < -0.3 is 10.2 Å². The van der Waals surface area contributed by atoms with Crippen LogP contribution in [0.4, 0.5) is 5.69 Å². The van der Waals surface area contributed by atoms with Crippen molar-refractivity contribution in [2.24, 2.45) is 0 Å². The van der Waals surface area contributed by atoms with Crippen molar-refractivity contribution in [3.05, 3.63) is 29.8 Å². The Morgan fingerprint density at radius 2 is 2.07 bits per heavy atom. The van der Waals surface area contributed by atoms with Crippen LogP contribution >= 0.6 is 0 Å². The van der Waals surface area contributed by atoms with Gasteiger partial charge in [-0.25, -0.2) is 5.01 Å². The van der Waals surface area contributed by atoms with Gasteiger partial charge in [-0.3, -0.25) is 0 Å². The summed E-state index contributed by atoms with van der Waals surface area (Å²) in [5.41, 5.74) is 5.81. The van der Waals surface area contributed by atoms with Crippen LogP contribution in [0.2, 0.25) is 0 Å². The fraction of sp³-hybridized carbons (Fsp3) is 0.455. The van der Waals surface area contributed by atoms with Crippen LogP contribution in [-0.4, -0.2) is 31.3 Å². The Morgan fingerprint density at radius 3 is 2.79 bits per heavy atom. The maximum atomic E-state index is 5.28. The quantitative estimate of drug-likeness (QED) is 0.771. The highest BCUT2D eigenvalue weighted by Crippen LogP contribution is 2.11. The molecule has 3 nitrogen and oxygen atoms in total. The third kappa shape index (κ3) is 2.47. The van der Waals surface area contributed by atoms with Crippen molar-refractivity contribution in [1.82, 2.24) is 5.01 Å². The topological polar surface area (TPSA) is 24.5 Å². The zero-order valence-electron chi connectivity index (χ0n) is 8.49. The number of morpholine rings is 1. The van der Waals surface area contributed by atoms with Crippen LogP contribution in [0, 0.1) is 6.92 Å². The van der Waals surface area contributed by atoms with E-state index in [1.54, 1.807) is 0 Å². The van der Waals surface area contributed by atoms with E-state index in [1.807, 2.05) is 0 Å². The molecule has 1 fully saturated rings. The molecular formula is C11H16N2O. The number of nitrogens with zero attached hydrogens (tertiary/aromatic N) is 1. The van der Waals surface area contributed by atoms with Gasteiger partial charge in [0.05, 0.1) is 13.2 Å². The maximum absolute atomic E-state index is 5.28. The van der Waals surface area contributed by atoms with Crippen molar-refractivity contribution in [2.75, 3.05) is 31.7 Å². The lowest BCUT2D eigenvalue weighted by Crippen LogP contribution is -2.40. The first-order valence-corrected chi connectivity index (χ1v) is 5.00. The van der Waals surface area contributed by atoms with Gasteiger partial charge in [0.1, 0.15) is 0 Å². The molecule has 0 spiro atoms. The fourth-order valence-corrected chi connectivity index (χ4v) is 1.57. The van der Waals surface area contributed by atoms with E-state index in [9.17, 15) is 0 Å². The van der Waals surface area contributed by atoms with Crippen molar-refractivity contribution >= 4 is 5.69 Å². The molecule has 1 aliphatic heterocycles. The predicted molar refractivity (Wildman–Crippen MR) is 57.2 cm³/mol. The van der Waals surface area contributed by atoms with Gasteiger partial charge in [-0.15, -0.1) is 0 Å². The zero-order valence-corrected chi connectivity index (χ0v) is 8.49. The highest BCUT2D eigenvalue weighted by Gasteiger charge is 2.09. The summed E-state index contributed by atoms with van der Waals surface area (Å²) in [5, 5.41) is 2.19. The lowest BCUT2D eigenvalue weighted by atomic mass is 10.2. The molecule has 1 N–H and O–H groups in total. The Balaban J connectivity index is 1.95. The molecular weight excluding hydrogens is 176 g/mol. The van der Waals surface area contributed by atoms with Crippen LogP contribution in [0.15, 0.2) is 24.3 Å². The van der Waals surface area contributed by atoms with Gasteiger partial charge in [0, 0.05) is 18.8 Å². The molecule has 14 heavy (non-hydrogen) atoms. The molecule has 0 saturated carbocycles. The number of nitrogens with one attached hydrogen (secondary N) is 1. The van der Waals surface area contributed by atoms with Gasteiger partial charge in [0.25, 0.3) is 0 Å². The maximum Gasteiger partial charge on any atom is 0.0612 e.